The number of esters is 1. The van der Waals surface area contributed by atoms with Crippen LogP contribution in [0.25, 0.3) is 0 Å². The number of β-lactam (4-membered cyclic amide) rings is 1. The summed E-state index contributed by atoms with van der Waals surface area (Å²) in [6.07, 6.45) is 0. The molecular weight excluding hydrogens is 440 g/mol. The van der Waals surface area contributed by atoms with Crippen LogP contribution in [0.1, 0.15) is 6.92 Å². The van der Waals surface area contributed by atoms with Gasteiger partial charge < -0.3 is 19.9 Å². The van der Waals surface area contributed by atoms with Crippen LogP contribution in [0.4, 0.5) is 0 Å². The van der Waals surface area contributed by atoms with Crippen molar-refractivity contribution in [1.29, 1.82) is 0 Å². The van der Waals surface area contributed by atoms with Crippen molar-refractivity contribution in [2.24, 2.45) is 7.05 Å². The lowest BCUT2D eigenvalue weighted by Gasteiger charge is -2.55. The third-order valence-electron chi connectivity index (χ3n) is 4.32. The second-order valence-electron chi connectivity index (χ2n) is 6.24. The number of fused-ring (bicyclic) bond motifs is 1. The minimum absolute atomic E-state index is 0.0800. The average Bonchev–Trinajstić information content (AvgIpc) is 3.12. The molecule has 2 N–H and O–H groups in total. The van der Waals surface area contributed by atoms with Crippen molar-refractivity contribution < 1.29 is 33.8 Å². The predicted molar refractivity (Wildman–Crippen MR) is 102 cm³/mol. The predicted octanol–water partition coefficient (Wildman–Crippen LogP) is -1.42. The molecule has 15 heteroatoms. The zero-order valence-corrected chi connectivity index (χ0v) is 17.8. The van der Waals surface area contributed by atoms with Gasteiger partial charge in [0.25, 0.3) is 11.6 Å². The van der Waals surface area contributed by atoms with Gasteiger partial charge in [0.15, 0.2) is 0 Å². The molecule has 0 saturated carbocycles. The molecule has 13 nitrogen and oxygen atoms in total. The second-order valence-corrected chi connectivity index (χ2v) is 8.25. The van der Waals surface area contributed by atoms with Gasteiger partial charge in [0.1, 0.15) is 17.7 Å². The van der Waals surface area contributed by atoms with Crippen LogP contribution in [0.5, 0.6) is 0 Å². The number of hydrogen-bond donors (Lipinski definition) is 2. The molecule has 3 rings (SSSR count). The van der Waals surface area contributed by atoms with Gasteiger partial charge in [-0.25, -0.2) is 9.48 Å². The van der Waals surface area contributed by atoms with Crippen LogP contribution < -0.4 is 5.32 Å². The summed E-state index contributed by atoms with van der Waals surface area (Å²) < 4.78 is 11.6. The van der Waals surface area contributed by atoms with E-state index in [-0.39, 0.29) is 29.4 Å². The van der Waals surface area contributed by atoms with E-state index in [4.69, 9.17) is 9.47 Å². The third kappa shape index (κ3) is 3.87. The number of aryl methyl sites for hydroxylation is 1. The fourth-order valence-corrected chi connectivity index (χ4v) is 5.03. The largest absolute Gasteiger partial charge is 0.477 e. The Bertz CT molecular complexity index is 934. The molecule has 1 fully saturated rings. The summed E-state index contributed by atoms with van der Waals surface area (Å²) >= 11 is 2.27. The molecule has 162 valence electrons. The van der Waals surface area contributed by atoms with E-state index in [0.29, 0.717) is 5.16 Å². The Kier molecular flexibility index (Phi) is 6.33. The molecule has 1 saturated heterocycles. The molecule has 1 aromatic heterocycles. The maximum atomic E-state index is 12.9. The number of carbonyl (C=O) groups excluding carboxylic acids is 3. The van der Waals surface area contributed by atoms with Crippen LogP contribution >= 0.6 is 23.5 Å². The lowest BCUT2D eigenvalue weighted by Crippen LogP contribution is -2.80. The van der Waals surface area contributed by atoms with Gasteiger partial charge in [-0.1, -0.05) is 11.8 Å². The third-order valence-corrected chi connectivity index (χ3v) is 6.71. The van der Waals surface area contributed by atoms with E-state index in [1.807, 2.05) is 0 Å². The van der Waals surface area contributed by atoms with Crippen LogP contribution in [0.2, 0.25) is 0 Å². The summed E-state index contributed by atoms with van der Waals surface area (Å²) in [7, 11) is 2.88. The molecule has 0 aliphatic carbocycles. The maximum absolute atomic E-state index is 12.9. The molecular formula is C15H18N6O7S2. The number of hydrogen-bond acceptors (Lipinski definition) is 11. The first-order chi connectivity index (χ1) is 14.2. The normalized spacial score (nSPS) is 23.0. The Morgan fingerprint density at radius 3 is 2.73 bits per heavy atom. The number of nitrogens with one attached hydrogen (secondary N) is 1. The number of thioether (sulfide) groups is 2. The van der Waals surface area contributed by atoms with E-state index in [0.717, 1.165) is 16.7 Å². The topological polar surface area (TPSA) is 166 Å². The Hall–Kier alpha value is -2.65. The van der Waals surface area contributed by atoms with Crippen LogP contribution in [0.15, 0.2) is 16.4 Å². The number of carboxylic acid groups (broad SMARTS) is 1. The van der Waals surface area contributed by atoms with Gasteiger partial charge >= 0.3 is 11.9 Å². The fourth-order valence-electron chi connectivity index (χ4n) is 2.96. The van der Waals surface area contributed by atoms with Gasteiger partial charge in [-0.05, 0) is 10.4 Å². The Morgan fingerprint density at radius 1 is 1.43 bits per heavy atom. The quantitative estimate of drug-likeness (QED) is 0.202. The van der Waals surface area contributed by atoms with E-state index >= 15 is 0 Å². The van der Waals surface area contributed by atoms with Gasteiger partial charge in [0.05, 0.1) is 5.75 Å². The highest BCUT2D eigenvalue weighted by Gasteiger charge is 2.66. The van der Waals surface area contributed by atoms with Gasteiger partial charge in [-0.3, -0.25) is 19.3 Å². The number of methoxy groups -OCH3 is 1. The van der Waals surface area contributed by atoms with Gasteiger partial charge in [0, 0.05) is 32.4 Å². The summed E-state index contributed by atoms with van der Waals surface area (Å²) in [5.74, 6) is -3.03. The standard InChI is InChI=1S/C15H18N6O7S2/c1-7(22)28-4-8-5-29-13-15(27-3,12(26)21(13)10(8)11(24)25)16-9(23)6-30-14-17-18-19-20(14)2/h13H,4-6H2,1-3H3,(H,16,23)(H,24,25)/t13-,15+/m1/s1. The van der Waals surface area contributed by atoms with E-state index in [1.54, 1.807) is 7.05 Å². The van der Waals surface area contributed by atoms with Crippen molar-refractivity contribution in [2.45, 2.75) is 23.2 Å². The van der Waals surface area contributed by atoms with Crippen molar-refractivity contribution in [2.75, 3.05) is 25.2 Å². The van der Waals surface area contributed by atoms with E-state index in [9.17, 15) is 24.3 Å². The highest BCUT2D eigenvalue weighted by atomic mass is 32.2. The number of rotatable bonds is 8. The minimum atomic E-state index is -1.70. The molecule has 0 bridgehead atoms. The molecule has 0 aromatic carbocycles. The molecule has 2 aliphatic rings. The summed E-state index contributed by atoms with van der Waals surface area (Å²) in [4.78, 5) is 49.2. The lowest BCUT2D eigenvalue weighted by molar-refractivity contribution is -0.192. The van der Waals surface area contributed by atoms with Gasteiger partial charge in [-0.2, -0.15) is 0 Å². The van der Waals surface area contributed by atoms with Crippen LogP contribution in [-0.4, -0.2) is 90.3 Å². The number of ether oxygens (including phenoxy) is 2. The van der Waals surface area contributed by atoms with Crippen molar-refractivity contribution >= 4 is 47.3 Å². The number of aromatic nitrogens is 4. The summed E-state index contributed by atoms with van der Waals surface area (Å²) in [5, 5.41) is 22.7. The highest BCUT2D eigenvalue weighted by Crippen LogP contribution is 2.46. The average molecular weight is 458 g/mol. The highest BCUT2D eigenvalue weighted by molar-refractivity contribution is 8.00. The number of nitrogens with zero attached hydrogens (tertiary/aromatic N) is 5. The SMILES string of the molecule is CO[C@@]1(NC(=O)CSc2nnnn2C)C(=O)N2C(C(=O)O)=C(COC(C)=O)CS[C@@H]21. The zero-order valence-electron chi connectivity index (χ0n) is 16.1. The number of carboxylic acids is 1. The maximum Gasteiger partial charge on any atom is 0.352 e. The molecule has 1 aromatic rings. The molecule has 30 heavy (non-hydrogen) atoms. The van der Waals surface area contributed by atoms with E-state index in [2.05, 4.69) is 20.8 Å². The number of aliphatic carboxylic acids is 1. The van der Waals surface area contributed by atoms with Crippen LogP contribution in [0.3, 0.4) is 0 Å². The van der Waals surface area contributed by atoms with Crippen molar-refractivity contribution in [1.82, 2.24) is 30.4 Å². The van der Waals surface area contributed by atoms with Crippen LogP contribution in [-0.2, 0) is 35.7 Å². The van der Waals surface area contributed by atoms with Crippen molar-refractivity contribution in [3.63, 3.8) is 0 Å². The summed E-state index contributed by atoms with van der Waals surface area (Å²) in [6, 6.07) is 0. The minimum Gasteiger partial charge on any atom is -0.477 e. The summed E-state index contributed by atoms with van der Waals surface area (Å²) in [5.41, 5.74) is -1.69. The van der Waals surface area contributed by atoms with Crippen molar-refractivity contribution in [3.05, 3.63) is 11.3 Å². The lowest BCUT2D eigenvalue weighted by atomic mass is 9.98. The number of carbonyl (C=O) groups is 4. The van der Waals surface area contributed by atoms with Crippen LogP contribution in [0, 0.1) is 0 Å². The Labute approximate surface area is 178 Å². The van der Waals surface area contributed by atoms with Crippen molar-refractivity contribution in [3.8, 4) is 0 Å². The van der Waals surface area contributed by atoms with E-state index in [1.165, 1.54) is 30.5 Å². The molecule has 0 unspecified atom stereocenters. The molecule has 2 aliphatic heterocycles. The number of tetrazole rings is 1. The Morgan fingerprint density at radius 2 is 2.17 bits per heavy atom. The first-order valence-electron chi connectivity index (χ1n) is 8.46. The Balaban J connectivity index is 1.74. The monoisotopic (exact) mass is 458 g/mol. The first-order valence-corrected chi connectivity index (χ1v) is 10.5. The van der Waals surface area contributed by atoms with E-state index < -0.39 is 34.9 Å². The molecule has 2 amide bonds. The summed E-state index contributed by atoms with van der Waals surface area (Å²) in [6.45, 7) is 0.963. The molecule has 0 spiro atoms. The zero-order chi connectivity index (χ0) is 22.1. The second kappa shape index (κ2) is 8.61. The number of amides is 2. The van der Waals surface area contributed by atoms with Gasteiger partial charge in [-0.15, -0.1) is 16.9 Å². The first kappa shape index (κ1) is 22.0. The molecule has 0 radical (unpaired) electrons. The fraction of sp³-hybridized carbons (Fsp3) is 0.533. The molecule has 3 heterocycles. The van der Waals surface area contributed by atoms with Gasteiger partial charge in [0.2, 0.25) is 11.1 Å². The molecule has 2 atom stereocenters. The smallest absolute Gasteiger partial charge is 0.352 e.